The van der Waals surface area contributed by atoms with E-state index in [-0.39, 0.29) is 34.8 Å². The highest BCUT2D eigenvalue weighted by molar-refractivity contribution is 6.21. The van der Waals surface area contributed by atoms with Crippen molar-refractivity contribution in [2.75, 3.05) is 0 Å². The van der Waals surface area contributed by atoms with Crippen LogP contribution in [0.4, 0.5) is 0 Å². The van der Waals surface area contributed by atoms with Gasteiger partial charge in [-0.2, -0.15) is 0 Å². The van der Waals surface area contributed by atoms with E-state index < -0.39 is 12.2 Å². The van der Waals surface area contributed by atoms with Gasteiger partial charge in [-0.15, -0.1) is 23.2 Å². The smallest absolute Gasteiger partial charge is 0.0645 e. The molecule has 0 fully saturated rings. The number of ether oxygens (including phenoxy) is 1. The Morgan fingerprint density at radius 2 is 0.886 bits per heavy atom. The second-order valence-corrected chi connectivity index (χ2v) is 12.1. The van der Waals surface area contributed by atoms with Crippen LogP contribution >= 0.6 is 23.2 Å². The van der Waals surface area contributed by atoms with Gasteiger partial charge >= 0.3 is 0 Å². The Balaban J connectivity index is 5.91. The molecule has 8 unspecified atom stereocenters. The molecule has 0 bridgehead atoms. The van der Waals surface area contributed by atoms with Crippen LogP contribution in [0, 0.1) is 11.8 Å². The molecule has 2 N–H and O–H groups in total. The van der Waals surface area contributed by atoms with Crippen LogP contribution in [0.2, 0.25) is 0 Å². The number of aliphatic hydroxyl groups is 2. The Hall–Kier alpha value is 0.460. The lowest BCUT2D eigenvalue weighted by atomic mass is 9.84. The van der Waals surface area contributed by atoms with Gasteiger partial charge in [-0.3, -0.25) is 0 Å². The molecular formula is C30H60Cl2O3. The van der Waals surface area contributed by atoms with E-state index >= 15 is 0 Å². The van der Waals surface area contributed by atoms with E-state index in [1.165, 1.54) is 25.7 Å². The summed E-state index contributed by atoms with van der Waals surface area (Å²) in [4.78, 5) is 0. The molecule has 0 rings (SSSR count). The Labute approximate surface area is 229 Å². The zero-order chi connectivity index (χ0) is 26.6. The normalized spacial score (nSPS) is 19.0. The summed E-state index contributed by atoms with van der Waals surface area (Å²) in [6.07, 6.45) is 15.4. The number of unbranched alkanes of at least 4 members (excludes halogenated alkanes) is 6. The molecular weight excluding hydrogens is 479 g/mol. The van der Waals surface area contributed by atoms with Crippen LogP contribution in [-0.4, -0.2) is 45.4 Å². The maximum absolute atomic E-state index is 10.4. The molecule has 0 aromatic carbocycles. The molecule has 3 nitrogen and oxygen atoms in total. The molecule has 0 aliphatic carbocycles. The van der Waals surface area contributed by atoms with Crippen LogP contribution in [0.3, 0.4) is 0 Å². The van der Waals surface area contributed by atoms with Gasteiger partial charge in [-0.05, 0) is 52.4 Å². The third kappa shape index (κ3) is 16.8. The first-order valence-corrected chi connectivity index (χ1v) is 15.9. The second kappa shape index (κ2) is 22.4. The van der Waals surface area contributed by atoms with Gasteiger partial charge in [0.05, 0.1) is 24.4 Å². The van der Waals surface area contributed by atoms with Crippen molar-refractivity contribution in [3.05, 3.63) is 0 Å². The fourth-order valence-electron chi connectivity index (χ4n) is 5.25. The first kappa shape index (κ1) is 35.5. The van der Waals surface area contributed by atoms with E-state index in [9.17, 15) is 10.2 Å². The van der Waals surface area contributed by atoms with Crippen LogP contribution in [0.1, 0.15) is 144 Å². The number of rotatable bonds is 24. The highest BCUT2D eigenvalue weighted by Crippen LogP contribution is 2.36. The summed E-state index contributed by atoms with van der Waals surface area (Å²) in [7, 11) is 0. The minimum Gasteiger partial charge on any atom is -0.393 e. The number of halogens is 2. The minimum absolute atomic E-state index is 0.0366. The van der Waals surface area contributed by atoms with E-state index in [1.807, 2.05) is 13.8 Å². The molecule has 8 atom stereocenters. The van der Waals surface area contributed by atoms with Crippen LogP contribution in [0.25, 0.3) is 0 Å². The summed E-state index contributed by atoms with van der Waals surface area (Å²) in [5.41, 5.74) is 0. The molecule has 0 aliphatic heterocycles. The molecule has 212 valence electrons. The number of alkyl halides is 2. The zero-order valence-corrected chi connectivity index (χ0v) is 25.5. The van der Waals surface area contributed by atoms with Crippen molar-refractivity contribution in [2.24, 2.45) is 11.8 Å². The number of aliphatic hydroxyl groups excluding tert-OH is 2. The SMILES string of the molecule is CCCCCC(Cl)C(CCCC)C(CC(C)O)OC(CC(C)O)C(CCCC)C(Cl)CCCCC. The zero-order valence-electron chi connectivity index (χ0n) is 24.0. The molecule has 0 saturated carbocycles. The van der Waals surface area contributed by atoms with Crippen molar-refractivity contribution >= 4 is 23.2 Å². The van der Waals surface area contributed by atoms with Gasteiger partial charge in [0.1, 0.15) is 0 Å². The maximum atomic E-state index is 10.4. The van der Waals surface area contributed by atoms with Crippen molar-refractivity contribution in [2.45, 2.75) is 179 Å². The lowest BCUT2D eigenvalue weighted by Crippen LogP contribution is -2.42. The predicted octanol–water partition coefficient (Wildman–Crippen LogP) is 9.27. The van der Waals surface area contributed by atoms with Crippen molar-refractivity contribution in [1.29, 1.82) is 0 Å². The van der Waals surface area contributed by atoms with Crippen LogP contribution in [-0.2, 0) is 4.74 Å². The number of hydrogen-bond acceptors (Lipinski definition) is 3. The third-order valence-corrected chi connectivity index (χ3v) is 8.41. The van der Waals surface area contributed by atoms with Crippen molar-refractivity contribution in [1.82, 2.24) is 0 Å². The van der Waals surface area contributed by atoms with E-state index in [1.54, 1.807) is 0 Å². The lowest BCUT2D eigenvalue weighted by Gasteiger charge is -2.39. The summed E-state index contributed by atoms with van der Waals surface area (Å²) < 4.78 is 6.96. The summed E-state index contributed by atoms with van der Waals surface area (Å²) in [5.74, 6) is 0.389. The Morgan fingerprint density at radius 1 is 0.543 bits per heavy atom. The molecule has 0 aromatic heterocycles. The standard InChI is InChI=1S/C30H60Cl2O3/c1-7-11-15-19-27(31)25(17-13-9-3)29(21-23(5)33)35-30(22-24(6)34)26(18-14-10-4)28(32)20-16-12-8-2/h23-30,33-34H,7-22H2,1-6H3. The molecule has 0 aromatic rings. The minimum atomic E-state index is -0.457. The Kier molecular flexibility index (Phi) is 22.7. The van der Waals surface area contributed by atoms with E-state index in [4.69, 9.17) is 27.9 Å². The Morgan fingerprint density at radius 3 is 1.17 bits per heavy atom. The summed E-state index contributed by atoms with van der Waals surface area (Å²) in [6, 6.07) is 0. The Bertz CT molecular complexity index is 421. The molecule has 0 amide bonds. The van der Waals surface area contributed by atoms with Gasteiger partial charge in [0.15, 0.2) is 0 Å². The topological polar surface area (TPSA) is 49.7 Å². The lowest BCUT2D eigenvalue weighted by molar-refractivity contribution is -0.102. The van der Waals surface area contributed by atoms with Crippen LogP contribution < -0.4 is 0 Å². The van der Waals surface area contributed by atoms with Gasteiger partial charge in [-0.25, -0.2) is 0 Å². The maximum Gasteiger partial charge on any atom is 0.0645 e. The van der Waals surface area contributed by atoms with Crippen molar-refractivity contribution in [3.8, 4) is 0 Å². The first-order chi connectivity index (χ1) is 16.7. The fourth-order valence-corrected chi connectivity index (χ4v) is 6.13. The average molecular weight is 540 g/mol. The van der Waals surface area contributed by atoms with Crippen LogP contribution in [0.5, 0.6) is 0 Å². The highest BCUT2D eigenvalue weighted by Gasteiger charge is 2.36. The van der Waals surface area contributed by atoms with Gasteiger partial charge in [0.25, 0.3) is 0 Å². The third-order valence-electron chi connectivity index (χ3n) is 7.33. The molecule has 0 aliphatic rings. The average Bonchev–Trinajstić information content (AvgIpc) is 2.79. The molecule has 0 saturated heterocycles. The highest BCUT2D eigenvalue weighted by atomic mass is 35.5. The molecule has 0 heterocycles. The fraction of sp³-hybridized carbons (Fsp3) is 1.00. The molecule has 0 spiro atoms. The largest absolute Gasteiger partial charge is 0.393 e. The van der Waals surface area contributed by atoms with E-state index in [2.05, 4.69) is 27.7 Å². The van der Waals surface area contributed by atoms with Gasteiger partial charge in [0, 0.05) is 22.6 Å². The second-order valence-electron chi connectivity index (χ2n) is 11.0. The van der Waals surface area contributed by atoms with E-state index in [0.717, 1.165) is 64.2 Å². The quantitative estimate of drug-likeness (QED) is 0.0949. The van der Waals surface area contributed by atoms with Gasteiger partial charge < -0.3 is 14.9 Å². The van der Waals surface area contributed by atoms with Crippen LogP contribution in [0.15, 0.2) is 0 Å². The molecule has 5 heteroatoms. The summed E-state index contributed by atoms with van der Waals surface area (Å²) in [6.45, 7) is 12.6. The van der Waals surface area contributed by atoms with Crippen molar-refractivity contribution < 1.29 is 14.9 Å². The summed E-state index contributed by atoms with van der Waals surface area (Å²) in [5, 5.41) is 20.9. The monoisotopic (exact) mass is 538 g/mol. The summed E-state index contributed by atoms with van der Waals surface area (Å²) >= 11 is 14.1. The van der Waals surface area contributed by atoms with E-state index in [0.29, 0.717) is 12.8 Å². The molecule has 0 radical (unpaired) electrons. The van der Waals surface area contributed by atoms with Crippen molar-refractivity contribution in [3.63, 3.8) is 0 Å². The van der Waals surface area contributed by atoms with Gasteiger partial charge in [0.2, 0.25) is 0 Å². The molecule has 35 heavy (non-hydrogen) atoms. The predicted molar refractivity (Wildman–Crippen MR) is 155 cm³/mol. The van der Waals surface area contributed by atoms with Gasteiger partial charge in [-0.1, -0.05) is 91.9 Å². The first-order valence-electron chi connectivity index (χ1n) is 15.0. The number of hydrogen-bond donors (Lipinski definition) is 2.